The van der Waals surface area contributed by atoms with Gasteiger partial charge in [0, 0.05) is 12.4 Å². The van der Waals surface area contributed by atoms with Crippen LogP contribution in [0.3, 0.4) is 0 Å². The average Bonchev–Trinajstić information content (AvgIpc) is 2.88. The smallest absolute Gasteiger partial charge is 0.418 e. The molecule has 0 saturated carbocycles. The summed E-state index contributed by atoms with van der Waals surface area (Å²) in [4.78, 5) is 23.6. The van der Waals surface area contributed by atoms with Crippen LogP contribution in [0, 0.1) is 6.92 Å². The molecule has 0 aliphatic carbocycles. The van der Waals surface area contributed by atoms with Gasteiger partial charge in [-0.25, -0.2) is 9.59 Å². The van der Waals surface area contributed by atoms with E-state index >= 15 is 0 Å². The third-order valence-corrected chi connectivity index (χ3v) is 2.94. The molecule has 0 amide bonds. The SMILES string of the molecule is CCOC(=O)c1cn(C(=O)OCc2ccccc2)cc1C. The fourth-order valence-electron chi connectivity index (χ4n) is 1.88. The summed E-state index contributed by atoms with van der Waals surface area (Å²) in [6, 6.07) is 9.40. The van der Waals surface area contributed by atoms with Crippen molar-refractivity contribution in [3.8, 4) is 0 Å². The molecule has 0 radical (unpaired) electrons. The van der Waals surface area contributed by atoms with Gasteiger partial charge in [-0.1, -0.05) is 30.3 Å². The lowest BCUT2D eigenvalue weighted by molar-refractivity contribution is 0.0525. The molecule has 0 bridgehead atoms. The zero-order valence-electron chi connectivity index (χ0n) is 12.0. The van der Waals surface area contributed by atoms with Gasteiger partial charge in [0.2, 0.25) is 0 Å². The Morgan fingerprint density at radius 1 is 1.10 bits per heavy atom. The van der Waals surface area contributed by atoms with E-state index in [-0.39, 0.29) is 6.61 Å². The molecule has 21 heavy (non-hydrogen) atoms. The van der Waals surface area contributed by atoms with Crippen LogP contribution in [0.2, 0.25) is 0 Å². The van der Waals surface area contributed by atoms with Crippen LogP contribution in [0.25, 0.3) is 0 Å². The number of carbonyl (C=O) groups is 2. The summed E-state index contributed by atoms with van der Waals surface area (Å²) in [7, 11) is 0. The summed E-state index contributed by atoms with van der Waals surface area (Å²) in [5, 5.41) is 0. The first-order valence-corrected chi connectivity index (χ1v) is 6.68. The standard InChI is InChI=1S/C16H17NO4/c1-3-20-15(18)14-10-17(9-12(14)2)16(19)21-11-13-7-5-4-6-8-13/h4-10H,3,11H2,1-2H3. The first-order valence-electron chi connectivity index (χ1n) is 6.68. The van der Waals surface area contributed by atoms with Crippen molar-refractivity contribution in [2.45, 2.75) is 20.5 Å². The molecule has 0 atom stereocenters. The second-order valence-electron chi connectivity index (χ2n) is 4.52. The number of aryl methyl sites for hydroxylation is 1. The molecule has 110 valence electrons. The van der Waals surface area contributed by atoms with Crippen LogP contribution in [-0.4, -0.2) is 23.2 Å². The Morgan fingerprint density at radius 2 is 1.81 bits per heavy atom. The van der Waals surface area contributed by atoms with Crippen molar-refractivity contribution in [2.24, 2.45) is 0 Å². The van der Waals surface area contributed by atoms with Crippen LogP contribution in [-0.2, 0) is 16.1 Å². The average molecular weight is 287 g/mol. The molecule has 0 aliphatic heterocycles. The van der Waals surface area contributed by atoms with Crippen molar-refractivity contribution in [2.75, 3.05) is 6.61 Å². The lowest BCUT2D eigenvalue weighted by atomic mass is 10.2. The Bertz CT molecular complexity index is 631. The Labute approximate surface area is 123 Å². The summed E-state index contributed by atoms with van der Waals surface area (Å²) in [5.74, 6) is -0.440. The Kier molecular flexibility index (Phi) is 4.77. The van der Waals surface area contributed by atoms with Crippen LogP contribution in [0.1, 0.15) is 28.4 Å². The van der Waals surface area contributed by atoms with Crippen LogP contribution >= 0.6 is 0 Å². The Hall–Kier alpha value is -2.56. The van der Waals surface area contributed by atoms with E-state index in [0.29, 0.717) is 17.7 Å². The van der Waals surface area contributed by atoms with Gasteiger partial charge >= 0.3 is 12.1 Å². The van der Waals surface area contributed by atoms with Crippen molar-refractivity contribution < 1.29 is 19.1 Å². The highest BCUT2D eigenvalue weighted by molar-refractivity contribution is 5.92. The van der Waals surface area contributed by atoms with Crippen LogP contribution in [0.4, 0.5) is 4.79 Å². The number of rotatable bonds is 4. The maximum absolute atomic E-state index is 12.0. The number of benzene rings is 1. The second-order valence-corrected chi connectivity index (χ2v) is 4.52. The Balaban J connectivity index is 2.03. The molecule has 1 aromatic carbocycles. The van der Waals surface area contributed by atoms with Crippen molar-refractivity contribution in [3.05, 3.63) is 59.4 Å². The van der Waals surface area contributed by atoms with Gasteiger partial charge in [-0.05, 0) is 25.0 Å². The fraction of sp³-hybridized carbons (Fsp3) is 0.250. The van der Waals surface area contributed by atoms with Gasteiger partial charge in [0.05, 0.1) is 12.2 Å². The lowest BCUT2D eigenvalue weighted by Crippen LogP contribution is -2.12. The normalized spacial score (nSPS) is 10.2. The van der Waals surface area contributed by atoms with E-state index in [0.717, 1.165) is 5.56 Å². The van der Waals surface area contributed by atoms with Crippen LogP contribution in [0.5, 0.6) is 0 Å². The number of esters is 1. The number of hydrogen-bond donors (Lipinski definition) is 0. The first kappa shape index (κ1) is 14.8. The quantitative estimate of drug-likeness (QED) is 0.810. The molecule has 0 spiro atoms. The number of ether oxygens (including phenoxy) is 2. The van der Waals surface area contributed by atoms with Crippen LogP contribution in [0.15, 0.2) is 42.7 Å². The highest BCUT2D eigenvalue weighted by Crippen LogP contribution is 2.12. The van der Waals surface area contributed by atoms with Crippen molar-refractivity contribution in [3.63, 3.8) is 0 Å². The van der Waals surface area contributed by atoms with Crippen molar-refractivity contribution in [1.82, 2.24) is 4.57 Å². The van der Waals surface area contributed by atoms with Gasteiger partial charge in [0.1, 0.15) is 6.61 Å². The molecule has 5 heteroatoms. The minimum absolute atomic E-state index is 0.186. The number of aromatic nitrogens is 1. The number of nitrogens with zero attached hydrogens (tertiary/aromatic N) is 1. The first-order chi connectivity index (χ1) is 10.1. The molecule has 1 heterocycles. The maximum atomic E-state index is 12.0. The molecule has 2 aromatic rings. The molecule has 0 saturated heterocycles. The highest BCUT2D eigenvalue weighted by Gasteiger charge is 2.16. The summed E-state index contributed by atoms with van der Waals surface area (Å²) in [6.45, 7) is 3.96. The summed E-state index contributed by atoms with van der Waals surface area (Å²) < 4.78 is 11.4. The van der Waals surface area contributed by atoms with Crippen LogP contribution < -0.4 is 0 Å². The largest absolute Gasteiger partial charge is 0.462 e. The third-order valence-electron chi connectivity index (χ3n) is 2.94. The lowest BCUT2D eigenvalue weighted by Gasteiger charge is -2.05. The summed E-state index contributed by atoms with van der Waals surface area (Å²) in [6.07, 6.45) is 2.46. The summed E-state index contributed by atoms with van der Waals surface area (Å²) >= 11 is 0. The van der Waals surface area contributed by atoms with Gasteiger partial charge < -0.3 is 9.47 Å². The molecule has 0 N–H and O–H groups in total. The Morgan fingerprint density at radius 3 is 2.48 bits per heavy atom. The van der Waals surface area contributed by atoms with Crippen molar-refractivity contribution >= 4 is 12.1 Å². The van der Waals surface area contributed by atoms with Gasteiger partial charge in [0.25, 0.3) is 0 Å². The predicted octanol–water partition coefficient (Wildman–Crippen LogP) is 3.16. The van der Waals surface area contributed by atoms with E-state index in [9.17, 15) is 9.59 Å². The van der Waals surface area contributed by atoms with Gasteiger partial charge in [-0.3, -0.25) is 4.57 Å². The minimum atomic E-state index is -0.530. The van der Waals surface area contributed by atoms with Gasteiger partial charge in [0.15, 0.2) is 0 Å². The van der Waals surface area contributed by atoms with E-state index in [4.69, 9.17) is 9.47 Å². The van der Waals surface area contributed by atoms with E-state index in [1.54, 1.807) is 20.0 Å². The molecule has 5 nitrogen and oxygen atoms in total. The van der Waals surface area contributed by atoms with E-state index in [1.807, 2.05) is 30.3 Å². The fourth-order valence-corrected chi connectivity index (χ4v) is 1.88. The zero-order valence-corrected chi connectivity index (χ0v) is 12.0. The molecular formula is C16H17NO4. The van der Waals surface area contributed by atoms with Gasteiger partial charge in [-0.2, -0.15) is 0 Å². The minimum Gasteiger partial charge on any atom is -0.462 e. The molecule has 2 rings (SSSR count). The number of carbonyl (C=O) groups excluding carboxylic acids is 2. The third kappa shape index (κ3) is 3.72. The predicted molar refractivity (Wildman–Crippen MR) is 77.2 cm³/mol. The van der Waals surface area contributed by atoms with E-state index in [2.05, 4.69) is 0 Å². The van der Waals surface area contributed by atoms with Crippen molar-refractivity contribution in [1.29, 1.82) is 0 Å². The molecule has 0 fully saturated rings. The molecule has 1 aromatic heterocycles. The van der Waals surface area contributed by atoms with E-state index < -0.39 is 12.1 Å². The molecule has 0 unspecified atom stereocenters. The maximum Gasteiger partial charge on any atom is 0.418 e. The second kappa shape index (κ2) is 6.74. The molecule has 0 aliphatic rings. The topological polar surface area (TPSA) is 57.5 Å². The summed E-state index contributed by atoms with van der Waals surface area (Å²) in [5.41, 5.74) is 1.94. The van der Waals surface area contributed by atoms with E-state index in [1.165, 1.54) is 10.8 Å². The van der Waals surface area contributed by atoms with Gasteiger partial charge in [-0.15, -0.1) is 0 Å². The molecular weight excluding hydrogens is 270 g/mol. The highest BCUT2D eigenvalue weighted by atomic mass is 16.5. The zero-order chi connectivity index (χ0) is 15.2. The monoisotopic (exact) mass is 287 g/mol. The number of hydrogen-bond acceptors (Lipinski definition) is 4.